The maximum Gasteiger partial charge on any atom is 0.0553 e. The normalized spacial score (nSPS) is 11.7. The molecule has 2 nitrogen and oxygen atoms in total. The lowest BCUT2D eigenvalue weighted by Gasteiger charge is -2.27. The summed E-state index contributed by atoms with van der Waals surface area (Å²) in [7, 11) is 0. The third kappa shape index (κ3) is 5.57. The molecule has 0 saturated heterocycles. The molecule has 12 aromatic rings. The lowest BCUT2D eigenvalue weighted by Crippen LogP contribution is -2.10. The first-order valence-electron chi connectivity index (χ1n) is 20.7. The standard InChI is InChI=1S/C58H38N2/c1-2-18-47(19-3-1)60-55-24-11-10-23-54(55)58-56(60)38-44-16-7-9-22-53(44)57(58)46-17-12-20-49(37-46)59(50-33-34-52-45(36-50)28-26-41-14-6-8-21-51(41)52)48-31-29-40(30-32-48)43-27-25-39-13-4-5-15-42(39)35-43/h1-38H. The van der Waals surface area contributed by atoms with Crippen LogP contribution >= 0.6 is 0 Å². The Morgan fingerprint density at radius 2 is 0.883 bits per heavy atom. The van der Waals surface area contributed by atoms with Crippen LogP contribution in [-0.2, 0) is 0 Å². The van der Waals surface area contributed by atoms with Gasteiger partial charge in [-0.25, -0.2) is 0 Å². The van der Waals surface area contributed by atoms with E-state index in [-0.39, 0.29) is 0 Å². The Morgan fingerprint density at radius 1 is 0.283 bits per heavy atom. The molecule has 0 aliphatic heterocycles. The highest BCUT2D eigenvalue weighted by molar-refractivity contribution is 6.23. The largest absolute Gasteiger partial charge is 0.310 e. The summed E-state index contributed by atoms with van der Waals surface area (Å²) in [4.78, 5) is 2.41. The van der Waals surface area contributed by atoms with E-state index in [9.17, 15) is 0 Å². The maximum absolute atomic E-state index is 2.42. The number of rotatable bonds is 6. The number of benzene rings is 11. The molecule has 280 valence electrons. The molecule has 60 heavy (non-hydrogen) atoms. The van der Waals surface area contributed by atoms with Crippen molar-refractivity contribution in [1.82, 2.24) is 4.57 Å². The van der Waals surface area contributed by atoms with Crippen molar-refractivity contribution in [2.24, 2.45) is 0 Å². The predicted molar refractivity (Wildman–Crippen MR) is 256 cm³/mol. The van der Waals surface area contributed by atoms with Gasteiger partial charge in [-0.1, -0.05) is 164 Å². The van der Waals surface area contributed by atoms with Crippen LogP contribution in [0.25, 0.3) is 92.8 Å². The highest BCUT2D eigenvalue weighted by Gasteiger charge is 2.21. The Balaban J connectivity index is 1.07. The van der Waals surface area contributed by atoms with E-state index in [0.717, 1.165) is 22.7 Å². The van der Waals surface area contributed by atoms with Crippen LogP contribution in [0.2, 0.25) is 0 Å². The van der Waals surface area contributed by atoms with Crippen LogP contribution in [0, 0.1) is 0 Å². The van der Waals surface area contributed by atoms with Gasteiger partial charge in [0.1, 0.15) is 0 Å². The molecule has 11 aromatic carbocycles. The Hall–Kier alpha value is -7.94. The molecule has 0 saturated carbocycles. The molecule has 0 atom stereocenters. The van der Waals surface area contributed by atoms with Crippen molar-refractivity contribution in [2.45, 2.75) is 0 Å². The van der Waals surface area contributed by atoms with Gasteiger partial charge < -0.3 is 9.47 Å². The molecule has 0 bridgehead atoms. The fourth-order valence-electron chi connectivity index (χ4n) is 9.51. The van der Waals surface area contributed by atoms with Crippen LogP contribution in [0.5, 0.6) is 0 Å². The molecule has 0 aliphatic carbocycles. The zero-order valence-corrected chi connectivity index (χ0v) is 32.8. The Morgan fingerprint density at radius 3 is 1.73 bits per heavy atom. The topological polar surface area (TPSA) is 8.17 Å². The van der Waals surface area contributed by atoms with E-state index >= 15 is 0 Å². The van der Waals surface area contributed by atoms with Gasteiger partial charge in [0.2, 0.25) is 0 Å². The molecule has 1 heterocycles. The molecule has 0 unspecified atom stereocenters. The number of aromatic nitrogens is 1. The number of para-hydroxylation sites is 2. The maximum atomic E-state index is 2.42. The van der Waals surface area contributed by atoms with Gasteiger partial charge in [-0.15, -0.1) is 0 Å². The van der Waals surface area contributed by atoms with E-state index in [4.69, 9.17) is 0 Å². The number of nitrogens with zero attached hydrogens (tertiary/aromatic N) is 2. The monoisotopic (exact) mass is 762 g/mol. The molecule has 0 N–H and O–H groups in total. The van der Waals surface area contributed by atoms with Crippen LogP contribution in [0.15, 0.2) is 231 Å². The molecular weight excluding hydrogens is 725 g/mol. The van der Waals surface area contributed by atoms with Crippen molar-refractivity contribution in [1.29, 1.82) is 0 Å². The van der Waals surface area contributed by atoms with Gasteiger partial charge in [0.05, 0.1) is 11.0 Å². The quantitative estimate of drug-likeness (QED) is 0.153. The van der Waals surface area contributed by atoms with Crippen LogP contribution in [0.4, 0.5) is 17.1 Å². The first kappa shape index (κ1) is 34.1. The summed E-state index contributed by atoms with van der Waals surface area (Å²) in [5.41, 5.74) is 11.7. The number of fused-ring (bicyclic) bond motifs is 8. The fraction of sp³-hybridized carbons (Fsp3) is 0. The van der Waals surface area contributed by atoms with E-state index in [2.05, 4.69) is 240 Å². The number of anilines is 3. The fourth-order valence-corrected chi connectivity index (χ4v) is 9.51. The highest BCUT2D eigenvalue weighted by Crippen LogP contribution is 2.45. The first-order chi connectivity index (χ1) is 29.7. The van der Waals surface area contributed by atoms with Crippen molar-refractivity contribution in [3.63, 3.8) is 0 Å². The average molecular weight is 763 g/mol. The number of hydrogen-bond acceptors (Lipinski definition) is 1. The van der Waals surface area contributed by atoms with E-state index in [0.29, 0.717) is 0 Å². The Labute approximate surface area is 348 Å². The van der Waals surface area contributed by atoms with Gasteiger partial charge in [-0.05, 0) is 132 Å². The van der Waals surface area contributed by atoms with Crippen LogP contribution in [0.1, 0.15) is 0 Å². The lowest BCUT2D eigenvalue weighted by atomic mass is 9.92. The second kappa shape index (κ2) is 13.9. The Kier molecular flexibility index (Phi) is 7.89. The van der Waals surface area contributed by atoms with Gasteiger partial charge in [0.15, 0.2) is 0 Å². The van der Waals surface area contributed by atoms with Crippen molar-refractivity contribution >= 4 is 82.0 Å². The minimum absolute atomic E-state index is 1.10. The average Bonchev–Trinajstić information content (AvgIpc) is 3.65. The number of hydrogen-bond donors (Lipinski definition) is 0. The molecule has 0 spiro atoms. The van der Waals surface area contributed by atoms with Crippen molar-refractivity contribution < 1.29 is 0 Å². The molecule has 1 aromatic heterocycles. The summed E-state index contributed by atoms with van der Waals surface area (Å²) in [6.45, 7) is 0. The third-order valence-corrected chi connectivity index (χ3v) is 12.3. The molecule has 12 rings (SSSR count). The summed E-state index contributed by atoms with van der Waals surface area (Å²) < 4.78 is 2.42. The molecule has 0 fully saturated rings. The van der Waals surface area contributed by atoms with E-state index in [1.165, 1.54) is 87.1 Å². The zero-order valence-electron chi connectivity index (χ0n) is 32.8. The van der Waals surface area contributed by atoms with Gasteiger partial charge >= 0.3 is 0 Å². The summed E-state index contributed by atoms with van der Waals surface area (Å²) in [6, 6.07) is 84.4. The van der Waals surface area contributed by atoms with Gasteiger partial charge in [-0.2, -0.15) is 0 Å². The minimum Gasteiger partial charge on any atom is -0.310 e. The zero-order chi connectivity index (χ0) is 39.6. The molecule has 0 amide bonds. The van der Waals surface area contributed by atoms with E-state index in [1.807, 2.05) is 0 Å². The van der Waals surface area contributed by atoms with Crippen LogP contribution in [-0.4, -0.2) is 4.57 Å². The summed E-state index contributed by atoms with van der Waals surface area (Å²) >= 11 is 0. The summed E-state index contributed by atoms with van der Waals surface area (Å²) in [5.74, 6) is 0. The smallest absolute Gasteiger partial charge is 0.0553 e. The predicted octanol–water partition coefficient (Wildman–Crippen LogP) is 16.2. The highest BCUT2D eigenvalue weighted by atomic mass is 15.1. The van der Waals surface area contributed by atoms with E-state index in [1.54, 1.807) is 0 Å². The van der Waals surface area contributed by atoms with Gasteiger partial charge in [-0.3, -0.25) is 0 Å². The molecule has 0 radical (unpaired) electrons. The van der Waals surface area contributed by atoms with Gasteiger partial charge in [0, 0.05) is 33.5 Å². The van der Waals surface area contributed by atoms with E-state index < -0.39 is 0 Å². The third-order valence-electron chi connectivity index (χ3n) is 12.3. The minimum atomic E-state index is 1.10. The molecular formula is C58H38N2. The first-order valence-corrected chi connectivity index (χ1v) is 20.7. The second-order valence-corrected chi connectivity index (χ2v) is 15.7. The second-order valence-electron chi connectivity index (χ2n) is 15.7. The van der Waals surface area contributed by atoms with Crippen LogP contribution < -0.4 is 4.90 Å². The SMILES string of the molecule is c1ccc(-n2c3ccccc3c3c(-c4cccc(N(c5ccc(-c6ccc7ccccc7c6)cc5)c5ccc6c(ccc7ccccc76)c5)c4)c4ccccc4cc32)cc1. The molecule has 0 aliphatic rings. The van der Waals surface area contributed by atoms with Crippen molar-refractivity contribution in [3.8, 4) is 27.9 Å². The van der Waals surface area contributed by atoms with Crippen molar-refractivity contribution in [3.05, 3.63) is 231 Å². The summed E-state index contributed by atoms with van der Waals surface area (Å²) in [6.07, 6.45) is 0. The molecule has 2 heteroatoms. The van der Waals surface area contributed by atoms with Gasteiger partial charge in [0.25, 0.3) is 0 Å². The lowest BCUT2D eigenvalue weighted by molar-refractivity contribution is 1.18. The summed E-state index contributed by atoms with van der Waals surface area (Å²) in [5, 5.41) is 12.4. The van der Waals surface area contributed by atoms with Crippen LogP contribution in [0.3, 0.4) is 0 Å². The van der Waals surface area contributed by atoms with Crippen molar-refractivity contribution in [2.75, 3.05) is 4.90 Å². The Bertz CT molecular complexity index is 3600.